The summed E-state index contributed by atoms with van der Waals surface area (Å²) in [7, 11) is 1.77. The van der Waals surface area contributed by atoms with Gasteiger partial charge < -0.3 is 10.1 Å². The molecule has 0 fully saturated rings. The number of hydrogen-bond donors (Lipinski definition) is 1. The van der Waals surface area contributed by atoms with Crippen molar-refractivity contribution in [3.05, 3.63) is 47.3 Å². The molecule has 0 radical (unpaired) electrons. The van der Waals surface area contributed by atoms with Crippen molar-refractivity contribution in [1.29, 1.82) is 0 Å². The summed E-state index contributed by atoms with van der Waals surface area (Å²) >= 11 is 0. The van der Waals surface area contributed by atoms with Crippen molar-refractivity contribution < 1.29 is 13.5 Å². The van der Waals surface area contributed by atoms with Gasteiger partial charge in [0, 0.05) is 31.4 Å². The maximum absolute atomic E-state index is 13.9. The van der Waals surface area contributed by atoms with Crippen LogP contribution in [-0.4, -0.2) is 15.8 Å². The first kappa shape index (κ1) is 15.4. The van der Waals surface area contributed by atoms with Crippen LogP contribution in [0.3, 0.4) is 0 Å². The first-order chi connectivity index (χ1) is 9.95. The summed E-state index contributed by atoms with van der Waals surface area (Å²) in [5.41, 5.74) is 1.30. The number of aryl methyl sites for hydroxylation is 1. The van der Waals surface area contributed by atoms with Crippen molar-refractivity contribution in [2.75, 3.05) is 0 Å². The van der Waals surface area contributed by atoms with Crippen LogP contribution in [0.2, 0.25) is 0 Å². The predicted molar refractivity (Wildman–Crippen MR) is 75.9 cm³/mol. The van der Waals surface area contributed by atoms with Crippen molar-refractivity contribution in [3.63, 3.8) is 0 Å². The molecule has 114 valence electrons. The molecule has 0 aliphatic heterocycles. The molecule has 0 saturated heterocycles. The Bertz CT molecular complexity index is 588. The zero-order chi connectivity index (χ0) is 15.4. The summed E-state index contributed by atoms with van der Waals surface area (Å²) in [6.07, 6.45) is 3.33. The molecule has 0 amide bonds. The van der Waals surface area contributed by atoms with Crippen LogP contribution in [0, 0.1) is 11.6 Å². The van der Waals surface area contributed by atoms with Gasteiger partial charge in [0.25, 0.3) is 0 Å². The minimum absolute atomic E-state index is 0.0747. The molecule has 4 nitrogen and oxygen atoms in total. The fourth-order valence-corrected chi connectivity index (χ4v) is 1.88. The number of aromatic nitrogens is 2. The van der Waals surface area contributed by atoms with E-state index in [4.69, 9.17) is 4.74 Å². The van der Waals surface area contributed by atoms with Crippen LogP contribution in [0.15, 0.2) is 24.5 Å². The summed E-state index contributed by atoms with van der Waals surface area (Å²) in [4.78, 5) is 0. The highest BCUT2D eigenvalue weighted by molar-refractivity contribution is 5.31. The Morgan fingerprint density at radius 3 is 2.43 bits per heavy atom. The minimum atomic E-state index is -0.695. The molecule has 1 aromatic heterocycles. The molecule has 6 heteroatoms. The quantitative estimate of drug-likeness (QED) is 0.890. The average Bonchev–Trinajstić information content (AvgIpc) is 2.81. The van der Waals surface area contributed by atoms with E-state index in [2.05, 4.69) is 10.4 Å². The standard InChI is InChI=1S/C15H19F2N3O/c1-10(2)18-6-11-4-13(16)15(14(17)5-11)21-9-12-7-19-20(3)8-12/h4-5,7-8,10,18H,6,9H2,1-3H3. The second kappa shape index (κ2) is 6.67. The van der Waals surface area contributed by atoms with Gasteiger partial charge in [0.05, 0.1) is 6.20 Å². The van der Waals surface area contributed by atoms with Crippen LogP contribution in [0.4, 0.5) is 8.78 Å². The smallest absolute Gasteiger partial charge is 0.191 e. The lowest BCUT2D eigenvalue weighted by molar-refractivity contribution is 0.273. The van der Waals surface area contributed by atoms with Gasteiger partial charge in [0.1, 0.15) is 6.61 Å². The zero-order valence-corrected chi connectivity index (χ0v) is 12.4. The highest BCUT2D eigenvalue weighted by Crippen LogP contribution is 2.24. The van der Waals surface area contributed by atoms with E-state index < -0.39 is 11.6 Å². The molecule has 1 heterocycles. The number of ether oxygens (including phenoxy) is 1. The monoisotopic (exact) mass is 295 g/mol. The van der Waals surface area contributed by atoms with E-state index in [9.17, 15) is 8.78 Å². The van der Waals surface area contributed by atoms with E-state index in [-0.39, 0.29) is 18.4 Å². The summed E-state index contributed by atoms with van der Waals surface area (Å²) < 4.78 is 34.7. The van der Waals surface area contributed by atoms with E-state index in [1.807, 2.05) is 13.8 Å². The summed E-state index contributed by atoms with van der Waals surface area (Å²) in [5, 5.41) is 7.08. The van der Waals surface area contributed by atoms with Crippen molar-refractivity contribution in [3.8, 4) is 5.75 Å². The van der Waals surface area contributed by atoms with Crippen LogP contribution in [0.25, 0.3) is 0 Å². The Hall–Kier alpha value is -1.95. The average molecular weight is 295 g/mol. The third kappa shape index (κ3) is 4.26. The van der Waals surface area contributed by atoms with Crippen molar-refractivity contribution in [2.24, 2.45) is 7.05 Å². The zero-order valence-electron chi connectivity index (χ0n) is 12.4. The maximum Gasteiger partial charge on any atom is 0.191 e. The van der Waals surface area contributed by atoms with Crippen molar-refractivity contribution >= 4 is 0 Å². The second-order valence-electron chi connectivity index (χ2n) is 5.24. The Morgan fingerprint density at radius 1 is 1.24 bits per heavy atom. The molecule has 2 aromatic rings. The number of nitrogens with one attached hydrogen (secondary N) is 1. The van der Waals surface area contributed by atoms with Gasteiger partial charge in [-0.25, -0.2) is 8.78 Å². The molecular formula is C15H19F2N3O. The van der Waals surface area contributed by atoms with Gasteiger partial charge in [-0.05, 0) is 17.7 Å². The number of benzene rings is 1. The van der Waals surface area contributed by atoms with Crippen LogP contribution in [0.1, 0.15) is 25.0 Å². The number of rotatable bonds is 6. The lowest BCUT2D eigenvalue weighted by atomic mass is 10.2. The summed E-state index contributed by atoms with van der Waals surface area (Å²) in [6.45, 7) is 4.43. The van der Waals surface area contributed by atoms with E-state index in [1.54, 1.807) is 24.1 Å². The molecule has 1 N–H and O–H groups in total. The first-order valence-electron chi connectivity index (χ1n) is 6.77. The SMILES string of the molecule is CC(C)NCc1cc(F)c(OCc2cnn(C)c2)c(F)c1. The van der Waals surface area contributed by atoms with Crippen LogP contribution < -0.4 is 10.1 Å². The van der Waals surface area contributed by atoms with Gasteiger partial charge >= 0.3 is 0 Å². The third-order valence-electron chi connectivity index (χ3n) is 2.91. The van der Waals surface area contributed by atoms with Gasteiger partial charge in [-0.2, -0.15) is 5.10 Å². The van der Waals surface area contributed by atoms with Gasteiger partial charge in [0.2, 0.25) is 0 Å². The molecule has 2 rings (SSSR count). The van der Waals surface area contributed by atoms with E-state index in [0.717, 1.165) is 5.56 Å². The van der Waals surface area contributed by atoms with Gasteiger partial charge in [-0.3, -0.25) is 4.68 Å². The van der Waals surface area contributed by atoms with E-state index >= 15 is 0 Å². The van der Waals surface area contributed by atoms with E-state index in [0.29, 0.717) is 12.1 Å². The van der Waals surface area contributed by atoms with Gasteiger partial charge in [0.15, 0.2) is 17.4 Å². The number of nitrogens with zero attached hydrogens (tertiary/aromatic N) is 2. The largest absolute Gasteiger partial charge is 0.483 e. The van der Waals surface area contributed by atoms with Crippen molar-refractivity contribution in [2.45, 2.75) is 33.0 Å². The molecule has 0 saturated carbocycles. The molecule has 0 atom stereocenters. The minimum Gasteiger partial charge on any atom is -0.483 e. The molecular weight excluding hydrogens is 276 g/mol. The Labute approximate surface area is 122 Å². The lowest BCUT2D eigenvalue weighted by Gasteiger charge is -2.11. The van der Waals surface area contributed by atoms with Crippen molar-refractivity contribution in [1.82, 2.24) is 15.1 Å². The highest BCUT2D eigenvalue weighted by atomic mass is 19.1. The Kier molecular flexibility index (Phi) is 4.90. The maximum atomic E-state index is 13.9. The second-order valence-corrected chi connectivity index (χ2v) is 5.24. The van der Waals surface area contributed by atoms with Crippen LogP contribution in [0.5, 0.6) is 5.75 Å². The normalized spacial score (nSPS) is 11.1. The van der Waals surface area contributed by atoms with Gasteiger partial charge in [-0.15, -0.1) is 0 Å². The van der Waals surface area contributed by atoms with Crippen LogP contribution >= 0.6 is 0 Å². The highest BCUT2D eigenvalue weighted by Gasteiger charge is 2.13. The molecule has 0 bridgehead atoms. The molecule has 1 aromatic carbocycles. The summed E-state index contributed by atoms with van der Waals surface area (Å²) in [5.74, 6) is -1.74. The number of hydrogen-bond acceptors (Lipinski definition) is 3. The molecule has 0 unspecified atom stereocenters. The summed E-state index contributed by atoms with van der Waals surface area (Å²) in [6, 6.07) is 2.83. The Morgan fingerprint density at radius 2 is 1.90 bits per heavy atom. The van der Waals surface area contributed by atoms with Gasteiger partial charge in [-0.1, -0.05) is 13.8 Å². The molecule has 21 heavy (non-hydrogen) atoms. The van der Waals surface area contributed by atoms with E-state index in [1.165, 1.54) is 12.1 Å². The lowest BCUT2D eigenvalue weighted by Crippen LogP contribution is -2.22. The van der Waals surface area contributed by atoms with Crippen LogP contribution in [-0.2, 0) is 20.2 Å². The molecule has 0 spiro atoms. The topological polar surface area (TPSA) is 39.1 Å². The Balaban J connectivity index is 2.06. The number of halogens is 2. The third-order valence-corrected chi connectivity index (χ3v) is 2.91. The fraction of sp³-hybridized carbons (Fsp3) is 0.400. The fourth-order valence-electron chi connectivity index (χ4n) is 1.88. The predicted octanol–water partition coefficient (Wildman–Crippen LogP) is 2.78. The molecule has 0 aliphatic carbocycles. The molecule has 0 aliphatic rings. The first-order valence-corrected chi connectivity index (χ1v) is 6.77.